The van der Waals surface area contributed by atoms with Gasteiger partial charge >= 0.3 is 258 Å². The number of rotatable bonds is 8. The Morgan fingerprint density at radius 3 is 1.86 bits per heavy atom. The topological polar surface area (TPSA) is 0 Å². The Morgan fingerprint density at radius 1 is 0.705 bits per heavy atom. The number of hydrogen-bond acceptors (Lipinski definition) is 0. The number of aryl methyl sites for hydroxylation is 1. The van der Waals surface area contributed by atoms with Crippen LogP contribution in [0.15, 0.2) is 102 Å². The van der Waals surface area contributed by atoms with E-state index in [4.69, 9.17) is 0 Å². The molecule has 0 fully saturated rings. The second kappa shape index (κ2) is 13.4. The van der Waals surface area contributed by atoms with Gasteiger partial charge in [-0.2, -0.15) is 0 Å². The molecule has 0 nitrogen and oxygen atoms in total. The molecule has 230 valence electrons. The van der Waals surface area contributed by atoms with Crippen LogP contribution in [0.2, 0.25) is 9.26 Å². The molecule has 2 unspecified atom stereocenters. The molecule has 4 aromatic rings. The Balaban J connectivity index is 0.00000221. The average Bonchev–Trinajstić information content (AvgIpc) is 3.59. The van der Waals surface area contributed by atoms with Gasteiger partial charge in [-0.3, -0.25) is 0 Å². The van der Waals surface area contributed by atoms with E-state index in [1.807, 2.05) is 0 Å². The Hall–Kier alpha value is -1.96. The molecular weight excluding hydrogens is 671 g/mol. The van der Waals surface area contributed by atoms with Crippen LogP contribution in [0.25, 0.3) is 34.4 Å². The maximum Gasteiger partial charge on any atom is -0.147 e. The number of allylic oxidation sites excluding steroid dienone is 2. The fourth-order valence-electron chi connectivity index (χ4n) is 8.31. The predicted octanol–water partition coefficient (Wildman–Crippen LogP) is 11.9. The predicted molar refractivity (Wildman–Crippen MR) is 199 cm³/mol. The maximum atomic E-state index is 2.80. The van der Waals surface area contributed by atoms with Crippen LogP contribution < -0.4 is 0 Å². The molecule has 2 aliphatic carbocycles. The van der Waals surface area contributed by atoms with Gasteiger partial charge < -0.3 is 0 Å². The summed E-state index contributed by atoms with van der Waals surface area (Å²) in [6.07, 6.45) is 8.96. The van der Waals surface area contributed by atoms with Gasteiger partial charge in [0.1, 0.15) is 0 Å². The Bertz CT molecular complexity index is 1780. The van der Waals surface area contributed by atoms with E-state index in [2.05, 4.69) is 147 Å². The first-order valence-corrected chi connectivity index (χ1v) is 29.6. The van der Waals surface area contributed by atoms with E-state index < -0.39 is 17.4 Å². The van der Waals surface area contributed by atoms with E-state index in [1.165, 1.54) is 58.2 Å². The quantitative estimate of drug-likeness (QED) is 0.159. The van der Waals surface area contributed by atoms with Gasteiger partial charge in [0, 0.05) is 0 Å². The summed E-state index contributed by atoms with van der Waals surface area (Å²) in [5.41, 5.74) is 16.5. The van der Waals surface area contributed by atoms with E-state index in [0.29, 0.717) is 13.2 Å². The summed E-state index contributed by atoms with van der Waals surface area (Å²) in [6.45, 7) is 12.1. The zero-order valence-corrected chi connectivity index (χ0v) is 32.7. The SMILES string of the molecule is CCCCC1=Cc2c(-c3ccccc3)ccc(C)c2[CH]1[Zr]([CH3])([CH3])(=[SiH2])[CH]1C(C(C)C)=Cc2c(-c3ccccc3)cccc21.Cl.Cl. The Labute approximate surface area is 280 Å². The third kappa shape index (κ3) is 5.98. The van der Waals surface area contributed by atoms with Crippen molar-refractivity contribution in [2.75, 3.05) is 0 Å². The first-order chi connectivity index (χ1) is 20.1. The third-order valence-electron chi connectivity index (χ3n) is 10.1. The van der Waals surface area contributed by atoms with E-state index in [1.54, 1.807) is 22.3 Å². The number of unbranched alkanes of at least 4 members (excludes halogenated alkanes) is 1. The summed E-state index contributed by atoms with van der Waals surface area (Å²) < 4.78 is 6.69. The molecule has 4 heteroatoms. The van der Waals surface area contributed by atoms with Crippen LogP contribution in [0.4, 0.5) is 0 Å². The van der Waals surface area contributed by atoms with Crippen LogP contribution in [0, 0.1) is 12.8 Å². The summed E-state index contributed by atoms with van der Waals surface area (Å²) in [5, 5.41) is 0. The second-order valence-corrected chi connectivity index (χ2v) is 44.7. The van der Waals surface area contributed by atoms with Gasteiger partial charge in [0.25, 0.3) is 0 Å². The third-order valence-corrected chi connectivity index (χ3v) is 27.5. The minimum Gasteiger partial charge on any atom is -0.147 e. The smallest absolute Gasteiger partial charge is 0.147 e. The molecule has 0 N–H and O–H groups in total. The van der Waals surface area contributed by atoms with Crippen LogP contribution in [0.3, 0.4) is 0 Å². The van der Waals surface area contributed by atoms with Crippen LogP contribution in [-0.2, 0) is 17.4 Å². The average molecular weight is 719 g/mol. The fraction of sp³-hybridized carbons (Fsp3) is 0.300. The van der Waals surface area contributed by atoms with E-state index in [-0.39, 0.29) is 24.8 Å². The molecule has 0 bridgehead atoms. The molecule has 0 aliphatic heterocycles. The zero-order valence-electron chi connectivity index (χ0n) is 27.2. The van der Waals surface area contributed by atoms with Gasteiger partial charge in [0.05, 0.1) is 0 Å². The van der Waals surface area contributed by atoms with Crippen molar-refractivity contribution in [1.82, 2.24) is 0 Å². The molecule has 2 aliphatic rings. The molecule has 44 heavy (non-hydrogen) atoms. The minimum absolute atomic E-state index is 0. The molecule has 4 aromatic carbocycles. The van der Waals surface area contributed by atoms with Crippen molar-refractivity contribution in [2.24, 2.45) is 5.92 Å². The number of halogens is 2. The fourth-order valence-corrected chi connectivity index (χ4v) is 28.3. The number of fused-ring (bicyclic) bond motifs is 2. The standard InChI is InChI=1S/C20H21.C18H17.2CH3.2ClH.H2Si.Zr/c1-3-4-8-16-13-19-15(2)11-12-18(20(19)14-16)17-9-6-5-7-10-17;1-13(2)16-11-15-9-6-10-17(18(15)12-16)14-7-4-3-5-8-14;;;;;;/h5-7,9-14H,3-4,8H2,1-2H3;3-13H,1-2H3;2*1H3;2*1H;1H2;. The van der Waals surface area contributed by atoms with Gasteiger partial charge in [0.15, 0.2) is 0 Å². The summed E-state index contributed by atoms with van der Waals surface area (Å²) in [6, 6.07) is 34.0. The minimum atomic E-state index is -3.70. The second-order valence-electron chi connectivity index (χ2n) is 14.2. The van der Waals surface area contributed by atoms with Gasteiger partial charge in [-0.05, 0) is 0 Å². The van der Waals surface area contributed by atoms with Gasteiger partial charge in [-0.1, -0.05) is 0 Å². The molecule has 6 rings (SSSR count). The van der Waals surface area contributed by atoms with Crippen molar-refractivity contribution in [1.29, 1.82) is 0 Å². The van der Waals surface area contributed by atoms with Gasteiger partial charge in [-0.25, -0.2) is 0 Å². The van der Waals surface area contributed by atoms with Crippen LogP contribution >= 0.6 is 24.8 Å². The van der Waals surface area contributed by atoms with E-state index in [0.717, 1.165) is 0 Å². The van der Waals surface area contributed by atoms with E-state index in [9.17, 15) is 0 Å². The number of benzene rings is 4. The largest absolute Gasteiger partial charge is 0.147 e. The molecular formula is C40H48Cl2SiZr. The summed E-state index contributed by atoms with van der Waals surface area (Å²) in [4.78, 5) is 0. The van der Waals surface area contributed by atoms with Crippen molar-refractivity contribution in [3.8, 4) is 22.3 Å². The molecule has 0 saturated heterocycles. The normalized spacial score (nSPS) is 17.3. The molecule has 0 amide bonds. The van der Waals surface area contributed by atoms with Gasteiger partial charge in [-0.15, -0.1) is 24.8 Å². The van der Waals surface area contributed by atoms with Crippen molar-refractivity contribution in [2.45, 2.75) is 63.5 Å². The van der Waals surface area contributed by atoms with Crippen molar-refractivity contribution >= 4 is 43.8 Å². The molecule has 0 saturated carbocycles. The van der Waals surface area contributed by atoms with E-state index >= 15 is 0 Å². The molecule has 2 atom stereocenters. The monoisotopic (exact) mass is 716 g/mol. The van der Waals surface area contributed by atoms with Crippen molar-refractivity contribution in [3.63, 3.8) is 0 Å². The van der Waals surface area contributed by atoms with Crippen LogP contribution in [0.5, 0.6) is 0 Å². The van der Waals surface area contributed by atoms with Crippen LogP contribution in [-0.4, -0.2) is 6.88 Å². The molecule has 0 radical (unpaired) electrons. The first-order valence-electron chi connectivity index (χ1n) is 16.0. The first kappa shape index (κ1) is 34.9. The van der Waals surface area contributed by atoms with Gasteiger partial charge in [0.2, 0.25) is 0 Å². The summed E-state index contributed by atoms with van der Waals surface area (Å²) in [7, 11) is 0. The molecule has 0 heterocycles. The summed E-state index contributed by atoms with van der Waals surface area (Å²) in [5.74, 6) is 0.518. The maximum absolute atomic E-state index is 3.70. The van der Waals surface area contributed by atoms with Crippen LogP contribution in [0.1, 0.15) is 75.1 Å². The Morgan fingerprint density at radius 2 is 1.30 bits per heavy atom. The van der Waals surface area contributed by atoms with Crippen molar-refractivity contribution in [3.05, 3.63) is 130 Å². The van der Waals surface area contributed by atoms with Crippen molar-refractivity contribution < 1.29 is 17.4 Å². The zero-order chi connectivity index (χ0) is 29.7. The molecule has 0 spiro atoms. The number of hydrogen-bond donors (Lipinski definition) is 0. The molecule has 0 aromatic heterocycles. The Kier molecular flexibility index (Phi) is 10.6. The summed E-state index contributed by atoms with van der Waals surface area (Å²) >= 11 is -3.70.